The molecule has 0 N–H and O–H groups in total. The average molecular weight is 341 g/mol. The zero-order valence-electron chi connectivity index (χ0n) is 10.2. The summed E-state index contributed by atoms with van der Waals surface area (Å²) in [5.74, 6) is 0.971. The summed E-state index contributed by atoms with van der Waals surface area (Å²) in [7, 11) is 0. The minimum Gasteiger partial charge on any atom is -0.437 e. The fraction of sp³-hybridized carbons (Fsp3) is 0.143. The van der Waals surface area contributed by atoms with E-state index in [1.807, 2.05) is 13.0 Å². The molecule has 0 aliphatic heterocycles. The Hall–Kier alpha value is -1.39. The van der Waals surface area contributed by atoms with E-state index in [4.69, 9.17) is 16.3 Å². The molecule has 1 aromatic heterocycles. The van der Waals surface area contributed by atoms with E-state index in [0.717, 1.165) is 4.47 Å². The van der Waals surface area contributed by atoms with Crippen molar-refractivity contribution in [3.63, 3.8) is 0 Å². The van der Waals surface area contributed by atoms with Crippen molar-refractivity contribution in [1.29, 1.82) is 0 Å². The second-order valence-electron chi connectivity index (χ2n) is 3.84. The van der Waals surface area contributed by atoms with Crippen LogP contribution >= 0.6 is 27.5 Å². The zero-order chi connectivity index (χ0) is 13.8. The van der Waals surface area contributed by atoms with Gasteiger partial charge in [0, 0.05) is 28.7 Å². The van der Waals surface area contributed by atoms with Crippen LogP contribution in [0.5, 0.6) is 11.6 Å². The van der Waals surface area contributed by atoms with Crippen molar-refractivity contribution < 1.29 is 9.53 Å². The molecule has 3 nitrogen and oxygen atoms in total. The number of rotatable bonds is 4. The summed E-state index contributed by atoms with van der Waals surface area (Å²) in [6, 6.07) is 8.54. The minimum absolute atomic E-state index is 0.0511. The third-order valence-electron chi connectivity index (χ3n) is 2.49. The van der Waals surface area contributed by atoms with Gasteiger partial charge in [0.05, 0.1) is 5.02 Å². The number of carbonyl (C=O) groups excluding carboxylic acids is 1. The van der Waals surface area contributed by atoms with Gasteiger partial charge in [-0.2, -0.15) is 0 Å². The predicted octanol–water partition coefficient (Wildman–Crippen LogP) is 4.88. The summed E-state index contributed by atoms with van der Waals surface area (Å²) in [5, 5.41) is 0.393. The molecule has 1 heterocycles. The van der Waals surface area contributed by atoms with Crippen LogP contribution in [0, 0.1) is 0 Å². The van der Waals surface area contributed by atoms with Gasteiger partial charge >= 0.3 is 0 Å². The molecule has 0 spiro atoms. The summed E-state index contributed by atoms with van der Waals surface area (Å²) < 4.78 is 6.43. The normalized spacial score (nSPS) is 10.3. The van der Waals surface area contributed by atoms with Gasteiger partial charge in [-0.15, -0.1) is 0 Å². The lowest BCUT2D eigenvalue weighted by molar-refractivity contribution is 0.0988. The summed E-state index contributed by atoms with van der Waals surface area (Å²) in [6.45, 7) is 1.81. The number of halogens is 2. The first-order valence-electron chi connectivity index (χ1n) is 5.72. The topological polar surface area (TPSA) is 39.2 Å². The van der Waals surface area contributed by atoms with Crippen molar-refractivity contribution >= 4 is 33.3 Å². The zero-order valence-corrected chi connectivity index (χ0v) is 12.5. The predicted molar refractivity (Wildman–Crippen MR) is 78.1 cm³/mol. The standard InChI is InChI=1S/C14H11BrClNO2/c1-2-12(18)9-3-5-13(11(16)7-9)19-14-6-4-10(15)8-17-14/h3-8H,2H2,1H3. The molecule has 0 aliphatic rings. The molecule has 0 unspecified atom stereocenters. The van der Waals surface area contributed by atoms with Crippen LogP contribution in [0.4, 0.5) is 0 Å². The highest BCUT2D eigenvalue weighted by atomic mass is 79.9. The molecular weight excluding hydrogens is 330 g/mol. The maximum atomic E-state index is 11.6. The third-order valence-corrected chi connectivity index (χ3v) is 3.25. The first-order valence-corrected chi connectivity index (χ1v) is 6.89. The molecule has 0 aliphatic carbocycles. The third kappa shape index (κ3) is 3.55. The van der Waals surface area contributed by atoms with Crippen LogP contribution in [-0.2, 0) is 0 Å². The van der Waals surface area contributed by atoms with Crippen LogP contribution in [0.2, 0.25) is 5.02 Å². The van der Waals surface area contributed by atoms with Crippen LogP contribution in [0.25, 0.3) is 0 Å². The Balaban J connectivity index is 2.22. The van der Waals surface area contributed by atoms with E-state index in [0.29, 0.717) is 28.6 Å². The summed E-state index contributed by atoms with van der Waals surface area (Å²) >= 11 is 9.39. The molecule has 0 amide bonds. The molecule has 98 valence electrons. The van der Waals surface area contributed by atoms with E-state index in [1.165, 1.54) is 0 Å². The Labute approximate surface area is 124 Å². The van der Waals surface area contributed by atoms with Crippen LogP contribution in [0.3, 0.4) is 0 Å². The maximum Gasteiger partial charge on any atom is 0.219 e. The summed E-state index contributed by atoms with van der Waals surface area (Å²) in [4.78, 5) is 15.6. The maximum absolute atomic E-state index is 11.6. The number of nitrogens with zero attached hydrogens (tertiary/aromatic N) is 1. The van der Waals surface area contributed by atoms with Crippen LogP contribution in [0.15, 0.2) is 41.0 Å². The Bertz CT molecular complexity index is 599. The SMILES string of the molecule is CCC(=O)c1ccc(Oc2ccc(Br)cn2)c(Cl)c1. The number of hydrogen-bond donors (Lipinski definition) is 0. The van der Waals surface area contributed by atoms with E-state index in [-0.39, 0.29) is 5.78 Å². The van der Waals surface area contributed by atoms with Gasteiger partial charge < -0.3 is 4.74 Å². The Morgan fingerprint density at radius 3 is 2.74 bits per heavy atom. The van der Waals surface area contributed by atoms with Gasteiger partial charge in [-0.1, -0.05) is 18.5 Å². The van der Waals surface area contributed by atoms with Crippen molar-refractivity contribution in [3.05, 3.63) is 51.6 Å². The number of carbonyl (C=O) groups is 1. The Morgan fingerprint density at radius 2 is 2.16 bits per heavy atom. The molecule has 1 aromatic carbocycles. The van der Waals surface area contributed by atoms with E-state index in [2.05, 4.69) is 20.9 Å². The molecule has 2 rings (SSSR count). The van der Waals surface area contributed by atoms with Crippen molar-refractivity contribution in [2.24, 2.45) is 0 Å². The first-order chi connectivity index (χ1) is 9.10. The lowest BCUT2D eigenvalue weighted by atomic mass is 10.1. The number of aromatic nitrogens is 1. The van der Waals surface area contributed by atoms with E-state index in [1.54, 1.807) is 30.5 Å². The molecule has 19 heavy (non-hydrogen) atoms. The number of hydrogen-bond acceptors (Lipinski definition) is 3. The van der Waals surface area contributed by atoms with Crippen LogP contribution in [0.1, 0.15) is 23.7 Å². The summed E-state index contributed by atoms with van der Waals surface area (Å²) in [5.41, 5.74) is 0.587. The average Bonchev–Trinajstić information content (AvgIpc) is 2.42. The van der Waals surface area contributed by atoms with Gasteiger partial charge in [-0.3, -0.25) is 4.79 Å². The van der Waals surface area contributed by atoms with Gasteiger partial charge in [0.15, 0.2) is 5.78 Å². The highest BCUT2D eigenvalue weighted by Crippen LogP contribution is 2.29. The molecule has 2 aromatic rings. The van der Waals surface area contributed by atoms with Gasteiger partial charge in [-0.05, 0) is 40.2 Å². The molecule has 0 saturated carbocycles. The van der Waals surface area contributed by atoms with Crippen LogP contribution in [-0.4, -0.2) is 10.8 Å². The second kappa shape index (κ2) is 6.17. The highest BCUT2D eigenvalue weighted by Gasteiger charge is 2.09. The molecule has 5 heteroatoms. The molecule has 0 atom stereocenters. The largest absolute Gasteiger partial charge is 0.437 e. The van der Waals surface area contributed by atoms with Gasteiger partial charge in [0.2, 0.25) is 5.88 Å². The minimum atomic E-state index is 0.0511. The van der Waals surface area contributed by atoms with Gasteiger partial charge in [0.1, 0.15) is 5.75 Å². The molecular formula is C14H11BrClNO2. The van der Waals surface area contributed by atoms with E-state index < -0.39 is 0 Å². The number of ketones is 1. The molecule has 0 bridgehead atoms. The number of pyridine rings is 1. The van der Waals surface area contributed by atoms with Gasteiger partial charge in [0.25, 0.3) is 0 Å². The lowest BCUT2D eigenvalue weighted by Gasteiger charge is -2.07. The number of Topliss-reactive ketones (excluding diaryl/α,β-unsaturated/α-hetero) is 1. The van der Waals surface area contributed by atoms with Crippen molar-refractivity contribution in [1.82, 2.24) is 4.98 Å². The van der Waals surface area contributed by atoms with Crippen molar-refractivity contribution in [2.75, 3.05) is 0 Å². The molecule has 0 saturated heterocycles. The molecule has 0 radical (unpaired) electrons. The van der Waals surface area contributed by atoms with E-state index in [9.17, 15) is 4.79 Å². The summed E-state index contributed by atoms with van der Waals surface area (Å²) in [6.07, 6.45) is 2.09. The van der Waals surface area contributed by atoms with Crippen LogP contribution < -0.4 is 4.74 Å². The van der Waals surface area contributed by atoms with Gasteiger partial charge in [-0.25, -0.2) is 4.98 Å². The molecule has 0 fully saturated rings. The quantitative estimate of drug-likeness (QED) is 0.744. The lowest BCUT2D eigenvalue weighted by Crippen LogP contribution is -1.97. The highest BCUT2D eigenvalue weighted by molar-refractivity contribution is 9.10. The number of benzene rings is 1. The Kier molecular flexibility index (Phi) is 4.56. The Morgan fingerprint density at radius 1 is 1.37 bits per heavy atom. The fourth-order valence-corrected chi connectivity index (χ4v) is 1.95. The smallest absolute Gasteiger partial charge is 0.219 e. The monoisotopic (exact) mass is 339 g/mol. The van der Waals surface area contributed by atoms with Crippen molar-refractivity contribution in [2.45, 2.75) is 13.3 Å². The first kappa shape index (κ1) is 14.0. The fourth-order valence-electron chi connectivity index (χ4n) is 1.50. The van der Waals surface area contributed by atoms with E-state index >= 15 is 0 Å². The second-order valence-corrected chi connectivity index (χ2v) is 5.16. The van der Waals surface area contributed by atoms with Crippen molar-refractivity contribution in [3.8, 4) is 11.6 Å². The number of ether oxygens (including phenoxy) is 1.